The van der Waals surface area contributed by atoms with E-state index in [9.17, 15) is 0 Å². The number of aromatic nitrogens is 4. The SMILES string of the molecule is Cc1[nH]c(SCc2nc(-c3ccccc3Cl)no2)nc1Cc1ccccc1. The Balaban J connectivity index is 1.42. The van der Waals surface area contributed by atoms with Crippen LogP contribution in [-0.2, 0) is 12.2 Å². The van der Waals surface area contributed by atoms with Gasteiger partial charge in [0.25, 0.3) is 0 Å². The molecule has 27 heavy (non-hydrogen) atoms. The van der Waals surface area contributed by atoms with Crippen LogP contribution in [0.15, 0.2) is 64.3 Å². The number of aromatic amines is 1. The number of hydrogen-bond donors (Lipinski definition) is 1. The Hall–Kier alpha value is -2.57. The highest BCUT2D eigenvalue weighted by atomic mass is 35.5. The maximum atomic E-state index is 6.19. The van der Waals surface area contributed by atoms with E-state index in [4.69, 9.17) is 21.1 Å². The van der Waals surface area contributed by atoms with Gasteiger partial charge in [0.05, 0.1) is 16.5 Å². The first-order valence-corrected chi connectivity index (χ1v) is 9.85. The fourth-order valence-electron chi connectivity index (χ4n) is 2.69. The molecule has 136 valence electrons. The van der Waals surface area contributed by atoms with Crippen LogP contribution in [0.2, 0.25) is 5.02 Å². The fraction of sp³-hybridized carbons (Fsp3) is 0.150. The smallest absolute Gasteiger partial charge is 0.237 e. The van der Waals surface area contributed by atoms with Gasteiger partial charge in [-0.2, -0.15) is 4.98 Å². The second-order valence-corrected chi connectivity index (χ2v) is 7.43. The van der Waals surface area contributed by atoms with Crippen LogP contribution in [0.5, 0.6) is 0 Å². The molecule has 0 atom stereocenters. The first-order valence-electron chi connectivity index (χ1n) is 8.49. The van der Waals surface area contributed by atoms with Gasteiger partial charge in [-0.3, -0.25) is 0 Å². The predicted molar refractivity (Wildman–Crippen MR) is 107 cm³/mol. The van der Waals surface area contributed by atoms with E-state index < -0.39 is 0 Å². The average Bonchev–Trinajstić information content (AvgIpc) is 3.28. The molecule has 0 aliphatic rings. The van der Waals surface area contributed by atoms with Crippen LogP contribution >= 0.6 is 23.4 Å². The molecule has 5 nitrogen and oxygen atoms in total. The lowest BCUT2D eigenvalue weighted by molar-refractivity contribution is 0.391. The number of imidazole rings is 1. The Morgan fingerprint density at radius 3 is 2.63 bits per heavy atom. The number of H-pyrrole nitrogens is 1. The Kier molecular flexibility index (Phi) is 5.27. The maximum absolute atomic E-state index is 6.19. The number of nitrogens with zero attached hydrogens (tertiary/aromatic N) is 3. The van der Waals surface area contributed by atoms with E-state index in [1.807, 2.05) is 49.4 Å². The number of thioether (sulfide) groups is 1. The zero-order valence-electron chi connectivity index (χ0n) is 14.6. The molecule has 0 aliphatic carbocycles. The highest BCUT2D eigenvalue weighted by Gasteiger charge is 2.13. The lowest BCUT2D eigenvalue weighted by Crippen LogP contribution is -1.90. The second kappa shape index (κ2) is 7.98. The van der Waals surface area contributed by atoms with Crippen LogP contribution in [0, 0.1) is 6.92 Å². The van der Waals surface area contributed by atoms with E-state index in [2.05, 4.69) is 27.3 Å². The highest BCUT2D eigenvalue weighted by Crippen LogP contribution is 2.27. The summed E-state index contributed by atoms with van der Waals surface area (Å²) in [6.07, 6.45) is 0.806. The van der Waals surface area contributed by atoms with Crippen molar-refractivity contribution in [3.63, 3.8) is 0 Å². The molecule has 0 amide bonds. The molecule has 0 radical (unpaired) electrons. The van der Waals surface area contributed by atoms with Crippen molar-refractivity contribution in [1.29, 1.82) is 0 Å². The van der Waals surface area contributed by atoms with Crippen molar-refractivity contribution < 1.29 is 4.52 Å². The first-order chi connectivity index (χ1) is 13.2. The molecule has 0 aliphatic heterocycles. The monoisotopic (exact) mass is 396 g/mol. The summed E-state index contributed by atoms with van der Waals surface area (Å²) in [7, 11) is 0. The Bertz CT molecular complexity index is 1050. The van der Waals surface area contributed by atoms with Crippen molar-refractivity contribution in [3.05, 3.63) is 82.5 Å². The third-order valence-electron chi connectivity index (χ3n) is 4.09. The van der Waals surface area contributed by atoms with Crippen LogP contribution in [-0.4, -0.2) is 20.1 Å². The summed E-state index contributed by atoms with van der Waals surface area (Å²) in [5.41, 5.74) is 4.12. The number of benzene rings is 2. The van der Waals surface area contributed by atoms with Crippen molar-refractivity contribution in [1.82, 2.24) is 20.1 Å². The highest BCUT2D eigenvalue weighted by molar-refractivity contribution is 7.98. The van der Waals surface area contributed by atoms with Crippen LogP contribution in [0.3, 0.4) is 0 Å². The van der Waals surface area contributed by atoms with Gasteiger partial charge in [0.2, 0.25) is 11.7 Å². The summed E-state index contributed by atoms with van der Waals surface area (Å²) < 4.78 is 5.35. The zero-order valence-corrected chi connectivity index (χ0v) is 16.2. The number of nitrogens with one attached hydrogen (secondary N) is 1. The van der Waals surface area contributed by atoms with Crippen LogP contribution in [0.25, 0.3) is 11.4 Å². The number of aryl methyl sites for hydroxylation is 1. The van der Waals surface area contributed by atoms with Gasteiger partial charge in [0, 0.05) is 17.7 Å². The molecule has 0 unspecified atom stereocenters. The molecule has 2 heterocycles. The molecule has 4 aromatic rings. The maximum Gasteiger partial charge on any atom is 0.237 e. The van der Waals surface area contributed by atoms with Gasteiger partial charge in [0.15, 0.2) is 5.16 Å². The quantitative estimate of drug-likeness (QED) is 0.447. The molecular formula is C20H17ClN4OS. The lowest BCUT2D eigenvalue weighted by atomic mass is 10.1. The van der Waals surface area contributed by atoms with Crippen molar-refractivity contribution in [2.75, 3.05) is 0 Å². The lowest BCUT2D eigenvalue weighted by Gasteiger charge is -1.98. The second-order valence-electron chi connectivity index (χ2n) is 6.06. The van der Waals surface area contributed by atoms with Gasteiger partial charge >= 0.3 is 0 Å². The van der Waals surface area contributed by atoms with E-state index >= 15 is 0 Å². The Morgan fingerprint density at radius 1 is 1.04 bits per heavy atom. The first kappa shape index (κ1) is 17.8. The number of halogens is 1. The van der Waals surface area contributed by atoms with Gasteiger partial charge in [0.1, 0.15) is 0 Å². The average molecular weight is 397 g/mol. The summed E-state index contributed by atoms with van der Waals surface area (Å²) in [6, 6.07) is 17.8. The van der Waals surface area contributed by atoms with Gasteiger partial charge in [-0.05, 0) is 24.6 Å². The molecule has 7 heteroatoms. The molecule has 0 fully saturated rings. The molecular weight excluding hydrogens is 380 g/mol. The van der Waals surface area contributed by atoms with Crippen LogP contribution < -0.4 is 0 Å². The molecule has 0 saturated heterocycles. The van der Waals surface area contributed by atoms with E-state index in [1.54, 1.807) is 0 Å². The molecule has 4 rings (SSSR count). The minimum atomic E-state index is 0.497. The van der Waals surface area contributed by atoms with Gasteiger partial charge in [-0.15, -0.1) is 0 Å². The van der Waals surface area contributed by atoms with Crippen LogP contribution in [0.4, 0.5) is 0 Å². The topological polar surface area (TPSA) is 67.6 Å². The minimum Gasteiger partial charge on any atom is -0.338 e. The molecule has 2 aromatic heterocycles. The van der Waals surface area contributed by atoms with Crippen molar-refractivity contribution in [2.24, 2.45) is 0 Å². The van der Waals surface area contributed by atoms with Gasteiger partial charge in [-0.1, -0.05) is 71.0 Å². The van der Waals surface area contributed by atoms with Gasteiger partial charge < -0.3 is 9.51 Å². The Morgan fingerprint density at radius 2 is 1.81 bits per heavy atom. The third-order valence-corrected chi connectivity index (χ3v) is 5.28. The van der Waals surface area contributed by atoms with E-state index in [0.717, 1.165) is 28.5 Å². The third kappa shape index (κ3) is 4.23. The summed E-state index contributed by atoms with van der Waals surface area (Å²) in [5, 5.41) is 5.47. The summed E-state index contributed by atoms with van der Waals surface area (Å²) in [4.78, 5) is 12.4. The normalized spacial score (nSPS) is 11.0. The molecule has 2 aromatic carbocycles. The molecule has 1 N–H and O–H groups in total. The van der Waals surface area contributed by atoms with Gasteiger partial charge in [-0.25, -0.2) is 4.98 Å². The van der Waals surface area contributed by atoms with E-state index in [1.165, 1.54) is 17.3 Å². The standard InChI is InChI=1S/C20H17ClN4OS/c1-13-17(11-14-7-3-2-4-8-14)23-20(22-13)27-12-18-24-19(25-26-18)15-9-5-6-10-16(15)21/h2-10H,11-12H2,1H3,(H,22,23). The number of rotatable bonds is 6. The molecule has 0 spiro atoms. The zero-order chi connectivity index (χ0) is 18.6. The predicted octanol–water partition coefficient (Wildman–Crippen LogP) is 5.30. The minimum absolute atomic E-state index is 0.497. The molecule has 0 bridgehead atoms. The Labute approximate surface area is 166 Å². The van der Waals surface area contributed by atoms with E-state index in [-0.39, 0.29) is 0 Å². The number of hydrogen-bond acceptors (Lipinski definition) is 5. The van der Waals surface area contributed by atoms with E-state index in [0.29, 0.717) is 22.5 Å². The summed E-state index contributed by atoms with van der Waals surface area (Å²) >= 11 is 7.72. The van der Waals surface area contributed by atoms with Crippen molar-refractivity contribution in [3.8, 4) is 11.4 Å². The largest absolute Gasteiger partial charge is 0.338 e. The summed E-state index contributed by atoms with van der Waals surface area (Å²) in [6.45, 7) is 2.04. The van der Waals surface area contributed by atoms with Crippen molar-refractivity contribution >= 4 is 23.4 Å². The van der Waals surface area contributed by atoms with Crippen molar-refractivity contribution in [2.45, 2.75) is 24.3 Å². The van der Waals surface area contributed by atoms with Crippen LogP contribution in [0.1, 0.15) is 22.8 Å². The molecule has 0 saturated carbocycles. The summed E-state index contributed by atoms with van der Waals surface area (Å²) in [5.74, 6) is 1.57. The fourth-order valence-corrected chi connectivity index (χ4v) is 3.69.